The normalized spacial score (nSPS) is 11.1. The Bertz CT molecular complexity index is 607. The Hall–Kier alpha value is -1.22. The molecule has 0 amide bonds. The molecule has 0 aliphatic rings. The first-order valence-electron chi connectivity index (χ1n) is 5.04. The molecule has 2 nitrogen and oxygen atoms in total. The largest absolute Gasteiger partial charge is 0.507 e. The summed E-state index contributed by atoms with van der Waals surface area (Å²) in [5.74, 6) is 0.0984. The fraction of sp³-hybridized carbons (Fsp3) is 0. The number of phenols is 1. The number of hydrogen-bond donors (Lipinski definition) is 1. The third-order valence-electron chi connectivity index (χ3n) is 2.26. The van der Waals surface area contributed by atoms with Crippen molar-refractivity contribution in [1.29, 1.82) is 0 Å². The average molecular weight is 301 g/mol. The Labute approximate surface area is 119 Å². The van der Waals surface area contributed by atoms with Crippen molar-refractivity contribution in [1.82, 2.24) is 0 Å². The molecule has 0 fully saturated rings. The Morgan fingerprint density at radius 1 is 1.06 bits per heavy atom. The van der Waals surface area contributed by atoms with E-state index in [4.69, 9.17) is 34.8 Å². The number of halogens is 3. The first-order chi connectivity index (χ1) is 8.58. The van der Waals surface area contributed by atoms with E-state index in [-0.39, 0.29) is 5.75 Å². The molecule has 0 aliphatic heterocycles. The van der Waals surface area contributed by atoms with Crippen molar-refractivity contribution in [2.75, 3.05) is 0 Å². The maximum absolute atomic E-state index is 9.63. The van der Waals surface area contributed by atoms with E-state index < -0.39 is 0 Å². The summed E-state index contributed by atoms with van der Waals surface area (Å²) in [6.45, 7) is 0. The van der Waals surface area contributed by atoms with Crippen molar-refractivity contribution in [2.45, 2.75) is 0 Å². The van der Waals surface area contributed by atoms with Crippen LogP contribution in [0.15, 0.2) is 41.4 Å². The first kappa shape index (κ1) is 13.2. The summed E-state index contributed by atoms with van der Waals surface area (Å²) in [5.41, 5.74) is 1.04. The minimum absolute atomic E-state index is 0.0984. The molecule has 0 saturated heterocycles. The topological polar surface area (TPSA) is 32.6 Å². The Kier molecular flexibility index (Phi) is 4.12. The zero-order valence-corrected chi connectivity index (χ0v) is 11.3. The number of hydrogen-bond acceptors (Lipinski definition) is 2. The van der Waals surface area contributed by atoms with Crippen molar-refractivity contribution in [3.8, 4) is 5.75 Å². The molecular weight excluding hydrogens is 293 g/mol. The highest BCUT2D eigenvalue weighted by atomic mass is 35.5. The molecule has 2 aromatic carbocycles. The van der Waals surface area contributed by atoms with Crippen LogP contribution in [0.3, 0.4) is 0 Å². The second-order valence-corrected chi connectivity index (χ2v) is 4.76. The quantitative estimate of drug-likeness (QED) is 0.769. The predicted octanol–water partition coefficient (Wildman–Crippen LogP) is 5.10. The van der Waals surface area contributed by atoms with Gasteiger partial charge in [-0.05, 0) is 30.3 Å². The van der Waals surface area contributed by atoms with Gasteiger partial charge in [-0.3, -0.25) is 4.99 Å². The van der Waals surface area contributed by atoms with Crippen LogP contribution >= 0.6 is 34.8 Å². The standard InChI is InChI=1S/C13H8Cl3NO/c14-9-4-5-12(18)8(6-9)7-17-11-3-1-2-10(15)13(11)16/h1-7,18H. The van der Waals surface area contributed by atoms with Gasteiger partial charge in [0.25, 0.3) is 0 Å². The van der Waals surface area contributed by atoms with Crippen molar-refractivity contribution in [3.05, 3.63) is 57.0 Å². The van der Waals surface area contributed by atoms with Crippen LogP contribution in [-0.2, 0) is 0 Å². The number of aliphatic imine (C=N–C) groups is 1. The van der Waals surface area contributed by atoms with Gasteiger partial charge in [-0.15, -0.1) is 0 Å². The number of benzene rings is 2. The van der Waals surface area contributed by atoms with Gasteiger partial charge < -0.3 is 5.11 Å². The summed E-state index contributed by atoms with van der Waals surface area (Å²) in [6, 6.07) is 9.87. The van der Waals surface area contributed by atoms with E-state index in [1.165, 1.54) is 12.3 Å². The van der Waals surface area contributed by atoms with Gasteiger partial charge in [0.2, 0.25) is 0 Å². The van der Waals surface area contributed by atoms with Gasteiger partial charge in [0.15, 0.2) is 0 Å². The zero-order chi connectivity index (χ0) is 13.1. The highest BCUT2D eigenvalue weighted by Gasteiger charge is 2.03. The fourth-order valence-electron chi connectivity index (χ4n) is 1.36. The van der Waals surface area contributed by atoms with Crippen LogP contribution in [0.2, 0.25) is 15.1 Å². The molecule has 0 aromatic heterocycles. The van der Waals surface area contributed by atoms with Gasteiger partial charge in [0.05, 0.1) is 15.7 Å². The molecule has 18 heavy (non-hydrogen) atoms. The summed E-state index contributed by atoms with van der Waals surface area (Å²) in [4.78, 5) is 4.18. The fourth-order valence-corrected chi connectivity index (χ4v) is 1.88. The lowest BCUT2D eigenvalue weighted by Gasteiger charge is -2.01. The van der Waals surface area contributed by atoms with Crippen LogP contribution in [0.4, 0.5) is 5.69 Å². The third-order valence-corrected chi connectivity index (χ3v) is 3.31. The number of aromatic hydroxyl groups is 1. The molecule has 5 heteroatoms. The Morgan fingerprint density at radius 3 is 2.61 bits per heavy atom. The van der Waals surface area contributed by atoms with Gasteiger partial charge in [0, 0.05) is 16.8 Å². The molecule has 0 spiro atoms. The van der Waals surface area contributed by atoms with Gasteiger partial charge in [0.1, 0.15) is 5.75 Å². The van der Waals surface area contributed by atoms with Crippen molar-refractivity contribution in [3.63, 3.8) is 0 Å². The smallest absolute Gasteiger partial charge is 0.124 e. The minimum atomic E-state index is 0.0984. The van der Waals surface area contributed by atoms with Gasteiger partial charge in [-0.2, -0.15) is 0 Å². The summed E-state index contributed by atoms with van der Waals surface area (Å²) in [7, 11) is 0. The molecule has 0 aliphatic carbocycles. The van der Waals surface area contributed by atoms with Gasteiger partial charge in [-0.1, -0.05) is 40.9 Å². The second kappa shape index (κ2) is 5.61. The molecule has 2 aromatic rings. The number of rotatable bonds is 2. The SMILES string of the molecule is Oc1ccc(Cl)cc1C=Nc1cccc(Cl)c1Cl. The number of nitrogens with zero attached hydrogens (tertiary/aromatic N) is 1. The van der Waals surface area contributed by atoms with E-state index in [0.717, 1.165) is 0 Å². The van der Waals surface area contributed by atoms with Crippen LogP contribution < -0.4 is 0 Å². The molecular formula is C13H8Cl3NO. The summed E-state index contributed by atoms with van der Waals surface area (Å²) >= 11 is 17.7. The monoisotopic (exact) mass is 299 g/mol. The summed E-state index contributed by atoms with van der Waals surface area (Å²) < 4.78 is 0. The van der Waals surface area contributed by atoms with Crippen LogP contribution in [0, 0.1) is 0 Å². The molecule has 2 rings (SSSR count). The molecule has 1 N–H and O–H groups in total. The van der Waals surface area contributed by atoms with Crippen LogP contribution in [-0.4, -0.2) is 11.3 Å². The van der Waals surface area contributed by atoms with Crippen LogP contribution in [0.5, 0.6) is 5.75 Å². The highest BCUT2D eigenvalue weighted by molar-refractivity contribution is 6.43. The number of phenolic OH excluding ortho intramolecular Hbond substituents is 1. The zero-order valence-electron chi connectivity index (χ0n) is 9.07. The van der Waals surface area contributed by atoms with Crippen molar-refractivity contribution < 1.29 is 5.11 Å². The molecule has 0 atom stereocenters. The van der Waals surface area contributed by atoms with E-state index in [1.54, 1.807) is 30.3 Å². The molecule has 0 unspecified atom stereocenters. The van der Waals surface area contributed by atoms with Crippen LogP contribution in [0.25, 0.3) is 0 Å². The maximum Gasteiger partial charge on any atom is 0.124 e. The van der Waals surface area contributed by atoms with Crippen LogP contribution in [0.1, 0.15) is 5.56 Å². The molecule has 92 valence electrons. The van der Waals surface area contributed by atoms with E-state index >= 15 is 0 Å². The molecule has 0 bridgehead atoms. The third kappa shape index (κ3) is 2.96. The lowest BCUT2D eigenvalue weighted by Crippen LogP contribution is -1.82. The molecule has 0 radical (unpaired) electrons. The summed E-state index contributed by atoms with van der Waals surface area (Å²) in [6.07, 6.45) is 1.48. The lowest BCUT2D eigenvalue weighted by molar-refractivity contribution is 0.474. The molecule has 0 saturated carbocycles. The minimum Gasteiger partial charge on any atom is -0.507 e. The average Bonchev–Trinajstić information content (AvgIpc) is 2.35. The summed E-state index contributed by atoms with van der Waals surface area (Å²) in [5, 5.41) is 11.0. The van der Waals surface area contributed by atoms with Gasteiger partial charge in [-0.25, -0.2) is 0 Å². The van der Waals surface area contributed by atoms with Crippen molar-refractivity contribution in [2.24, 2.45) is 4.99 Å². The highest BCUT2D eigenvalue weighted by Crippen LogP contribution is 2.32. The maximum atomic E-state index is 9.63. The second-order valence-electron chi connectivity index (χ2n) is 3.53. The van der Waals surface area contributed by atoms with E-state index in [1.807, 2.05) is 0 Å². The lowest BCUT2D eigenvalue weighted by atomic mass is 10.2. The van der Waals surface area contributed by atoms with E-state index in [0.29, 0.717) is 26.3 Å². The Balaban J connectivity index is 2.36. The predicted molar refractivity (Wildman–Crippen MR) is 76.8 cm³/mol. The van der Waals surface area contributed by atoms with E-state index in [2.05, 4.69) is 4.99 Å². The molecule has 0 heterocycles. The van der Waals surface area contributed by atoms with Gasteiger partial charge >= 0.3 is 0 Å². The Morgan fingerprint density at radius 2 is 1.83 bits per heavy atom. The van der Waals surface area contributed by atoms with E-state index in [9.17, 15) is 5.11 Å². The first-order valence-corrected chi connectivity index (χ1v) is 6.18. The van der Waals surface area contributed by atoms with Crippen molar-refractivity contribution >= 4 is 46.7 Å².